The van der Waals surface area contributed by atoms with E-state index in [1.807, 2.05) is 0 Å². The highest BCUT2D eigenvalue weighted by Gasteiger charge is 2.12. The molecule has 96 valence electrons. The maximum Gasteiger partial charge on any atom is 0.336 e. The average Bonchev–Trinajstić information content (AvgIpc) is 2.33. The molecule has 1 aromatic rings. The highest BCUT2D eigenvalue weighted by Crippen LogP contribution is 2.26. The Morgan fingerprint density at radius 1 is 1.50 bits per heavy atom. The number of thioether (sulfide) groups is 1. The lowest BCUT2D eigenvalue weighted by Gasteiger charge is -2.06. The third-order valence-electron chi connectivity index (χ3n) is 1.98. The molecular formula is C12H12BrNO3S. The van der Waals surface area contributed by atoms with Crippen molar-refractivity contribution >= 4 is 39.6 Å². The molecule has 0 radical (unpaired) electrons. The summed E-state index contributed by atoms with van der Waals surface area (Å²) < 4.78 is 0.779. The van der Waals surface area contributed by atoms with Crippen molar-refractivity contribution in [1.29, 1.82) is 0 Å². The van der Waals surface area contributed by atoms with Crippen LogP contribution in [0.15, 0.2) is 40.2 Å². The molecule has 0 bridgehead atoms. The molecule has 0 saturated carbocycles. The van der Waals surface area contributed by atoms with Crippen molar-refractivity contribution in [3.8, 4) is 0 Å². The highest BCUT2D eigenvalue weighted by atomic mass is 79.9. The van der Waals surface area contributed by atoms with Crippen LogP contribution in [-0.2, 0) is 4.79 Å². The van der Waals surface area contributed by atoms with Crippen LogP contribution in [0, 0.1) is 0 Å². The van der Waals surface area contributed by atoms with Crippen molar-refractivity contribution in [3.63, 3.8) is 0 Å². The minimum atomic E-state index is -1.00. The number of benzene rings is 1. The molecule has 0 aliphatic carbocycles. The summed E-state index contributed by atoms with van der Waals surface area (Å²) >= 11 is 4.47. The molecule has 0 saturated heterocycles. The Hall–Kier alpha value is -1.27. The lowest BCUT2D eigenvalue weighted by Crippen LogP contribution is -2.25. The number of hydrogen-bond donors (Lipinski definition) is 2. The number of rotatable bonds is 6. The van der Waals surface area contributed by atoms with E-state index in [1.165, 1.54) is 17.8 Å². The van der Waals surface area contributed by atoms with Crippen molar-refractivity contribution in [2.75, 3.05) is 12.3 Å². The van der Waals surface area contributed by atoms with Gasteiger partial charge in [-0.15, -0.1) is 18.3 Å². The van der Waals surface area contributed by atoms with Crippen molar-refractivity contribution in [2.24, 2.45) is 0 Å². The third-order valence-corrected chi connectivity index (χ3v) is 3.52. The monoisotopic (exact) mass is 329 g/mol. The van der Waals surface area contributed by atoms with Gasteiger partial charge < -0.3 is 10.4 Å². The molecule has 0 unspecified atom stereocenters. The summed E-state index contributed by atoms with van der Waals surface area (Å²) in [4.78, 5) is 23.0. The van der Waals surface area contributed by atoms with Gasteiger partial charge in [-0.2, -0.15) is 0 Å². The standard InChI is InChI=1S/C12H12BrNO3S/c1-2-5-14-11(15)7-18-10-6-8(13)3-4-9(10)12(16)17/h2-4,6H,1,5,7H2,(H,14,15)(H,16,17). The molecule has 2 N–H and O–H groups in total. The lowest BCUT2D eigenvalue weighted by molar-refractivity contribution is -0.118. The molecule has 0 aliphatic heterocycles. The first kappa shape index (κ1) is 14.8. The van der Waals surface area contributed by atoms with E-state index >= 15 is 0 Å². The Kier molecular flexibility index (Phi) is 5.94. The van der Waals surface area contributed by atoms with Crippen molar-refractivity contribution in [2.45, 2.75) is 4.90 Å². The first-order chi connectivity index (χ1) is 8.54. The topological polar surface area (TPSA) is 66.4 Å². The summed E-state index contributed by atoms with van der Waals surface area (Å²) in [6, 6.07) is 4.86. The Balaban J connectivity index is 2.71. The summed E-state index contributed by atoms with van der Waals surface area (Å²) in [5, 5.41) is 11.6. The highest BCUT2D eigenvalue weighted by molar-refractivity contribution is 9.10. The van der Waals surface area contributed by atoms with E-state index in [9.17, 15) is 9.59 Å². The van der Waals surface area contributed by atoms with E-state index in [2.05, 4.69) is 27.8 Å². The molecule has 0 spiro atoms. The molecule has 18 heavy (non-hydrogen) atoms. The van der Waals surface area contributed by atoms with E-state index in [4.69, 9.17) is 5.11 Å². The van der Waals surface area contributed by atoms with E-state index in [0.29, 0.717) is 11.4 Å². The van der Waals surface area contributed by atoms with Crippen molar-refractivity contribution in [1.82, 2.24) is 5.32 Å². The Bertz CT molecular complexity index is 476. The molecule has 1 amide bonds. The van der Waals surface area contributed by atoms with E-state index < -0.39 is 5.97 Å². The Morgan fingerprint density at radius 2 is 2.22 bits per heavy atom. The zero-order valence-corrected chi connectivity index (χ0v) is 11.9. The molecule has 0 aromatic heterocycles. The molecule has 1 rings (SSSR count). The van der Waals surface area contributed by atoms with Gasteiger partial charge in [-0.25, -0.2) is 4.79 Å². The van der Waals surface area contributed by atoms with Crippen LogP contribution in [0.3, 0.4) is 0 Å². The number of nitrogens with one attached hydrogen (secondary N) is 1. The van der Waals surface area contributed by atoms with Gasteiger partial charge in [-0.1, -0.05) is 22.0 Å². The fraction of sp³-hybridized carbons (Fsp3) is 0.167. The summed E-state index contributed by atoms with van der Waals surface area (Å²) in [7, 11) is 0. The second-order valence-electron chi connectivity index (χ2n) is 3.33. The summed E-state index contributed by atoms with van der Waals surface area (Å²) in [5.41, 5.74) is 0.194. The zero-order chi connectivity index (χ0) is 13.5. The van der Waals surface area contributed by atoms with Gasteiger partial charge in [0.15, 0.2) is 0 Å². The first-order valence-electron chi connectivity index (χ1n) is 5.08. The fourth-order valence-corrected chi connectivity index (χ4v) is 2.60. The van der Waals surface area contributed by atoms with Crippen LogP contribution in [0.2, 0.25) is 0 Å². The molecule has 0 fully saturated rings. The van der Waals surface area contributed by atoms with Gasteiger partial charge in [-0.3, -0.25) is 4.79 Å². The maximum absolute atomic E-state index is 11.4. The number of carboxylic acid groups (broad SMARTS) is 1. The quantitative estimate of drug-likeness (QED) is 0.621. The third kappa shape index (κ3) is 4.54. The average molecular weight is 330 g/mol. The van der Waals surface area contributed by atoms with Gasteiger partial charge in [0.1, 0.15) is 0 Å². The minimum absolute atomic E-state index is 0.156. The van der Waals surface area contributed by atoms with Crippen LogP contribution in [0.25, 0.3) is 0 Å². The molecule has 0 atom stereocenters. The van der Waals surface area contributed by atoms with Crippen LogP contribution >= 0.6 is 27.7 Å². The smallest absolute Gasteiger partial charge is 0.336 e. The minimum Gasteiger partial charge on any atom is -0.478 e. The van der Waals surface area contributed by atoms with E-state index in [-0.39, 0.29) is 17.2 Å². The van der Waals surface area contributed by atoms with Crippen LogP contribution in [0.4, 0.5) is 0 Å². The SMILES string of the molecule is C=CCNC(=O)CSc1cc(Br)ccc1C(=O)O. The normalized spacial score (nSPS) is 9.83. The number of amides is 1. The predicted octanol–water partition coefficient (Wildman–Crippen LogP) is 2.54. The number of carbonyl (C=O) groups is 2. The van der Waals surface area contributed by atoms with Crippen LogP contribution < -0.4 is 5.32 Å². The van der Waals surface area contributed by atoms with Crippen LogP contribution in [0.5, 0.6) is 0 Å². The largest absolute Gasteiger partial charge is 0.478 e. The summed E-state index contributed by atoms with van der Waals surface area (Å²) in [6.45, 7) is 3.90. The van der Waals surface area contributed by atoms with E-state index in [1.54, 1.807) is 18.2 Å². The van der Waals surface area contributed by atoms with Gasteiger partial charge in [0.25, 0.3) is 0 Å². The number of carboxylic acids is 1. The Labute approximate surface area is 118 Å². The molecule has 6 heteroatoms. The van der Waals surface area contributed by atoms with Gasteiger partial charge in [0, 0.05) is 15.9 Å². The van der Waals surface area contributed by atoms with Crippen LogP contribution in [0.1, 0.15) is 10.4 Å². The Morgan fingerprint density at radius 3 is 2.83 bits per heavy atom. The van der Waals surface area contributed by atoms with E-state index in [0.717, 1.165) is 4.47 Å². The van der Waals surface area contributed by atoms with Crippen LogP contribution in [-0.4, -0.2) is 29.3 Å². The van der Waals surface area contributed by atoms with Crippen molar-refractivity contribution in [3.05, 3.63) is 40.9 Å². The fourth-order valence-electron chi connectivity index (χ4n) is 1.17. The van der Waals surface area contributed by atoms with Gasteiger partial charge in [0.05, 0.1) is 11.3 Å². The summed E-state index contributed by atoms with van der Waals surface area (Å²) in [5.74, 6) is -0.988. The summed E-state index contributed by atoms with van der Waals surface area (Å²) in [6.07, 6.45) is 1.59. The van der Waals surface area contributed by atoms with Crippen molar-refractivity contribution < 1.29 is 14.7 Å². The van der Waals surface area contributed by atoms with Gasteiger partial charge >= 0.3 is 5.97 Å². The number of aromatic carboxylic acids is 1. The second kappa shape index (κ2) is 7.23. The van der Waals surface area contributed by atoms with Gasteiger partial charge in [-0.05, 0) is 18.2 Å². The number of carbonyl (C=O) groups excluding carboxylic acids is 1. The molecule has 0 aliphatic rings. The molecule has 1 aromatic carbocycles. The first-order valence-corrected chi connectivity index (χ1v) is 6.85. The molecular weight excluding hydrogens is 318 g/mol. The number of halogens is 1. The zero-order valence-electron chi connectivity index (χ0n) is 9.48. The second-order valence-corrected chi connectivity index (χ2v) is 5.26. The van der Waals surface area contributed by atoms with Gasteiger partial charge in [0.2, 0.25) is 5.91 Å². The number of hydrogen-bond acceptors (Lipinski definition) is 3. The lowest BCUT2D eigenvalue weighted by atomic mass is 10.2. The molecule has 4 nitrogen and oxygen atoms in total. The maximum atomic E-state index is 11.4. The predicted molar refractivity (Wildman–Crippen MR) is 75.0 cm³/mol. The molecule has 0 heterocycles.